The van der Waals surface area contributed by atoms with E-state index in [1.54, 1.807) is 42.5 Å². The second-order valence-corrected chi connectivity index (χ2v) is 8.03. The van der Waals surface area contributed by atoms with E-state index in [-0.39, 0.29) is 17.0 Å². The van der Waals surface area contributed by atoms with E-state index in [2.05, 4.69) is 0 Å². The second kappa shape index (κ2) is 6.34. The largest absolute Gasteiger partial charge is 0.490 e. The van der Waals surface area contributed by atoms with Crippen molar-refractivity contribution >= 4 is 9.84 Å². The van der Waals surface area contributed by atoms with Gasteiger partial charge in [0.1, 0.15) is 11.9 Å². The first-order valence-electron chi connectivity index (χ1n) is 7.82. The third-order valence-corrected chi connectivity index (χ3v) is 5.83. The van der Waals surface area contributed by atoms with E-state index in [0.29, 0.717) is 10.6 Å². The van der Waals surface area contributed by atoms with Crippen molar-refractivity contribution in [1.29, 1.82) is 0 Å². The zero-order chi connectivity index (χ0) is 16.4. The van der Waals surface area contributed by atoms with E-state index >= 15 is 0 Å². The summed E-state index contributed by atoms with van der Waals surface area (Å²) in [6, 6.07) is 13.7. The van der Waals surface area contributed by atoms with Crippen LogP contribution in [0.2, 0.25) is 0 Å². The monoisotopic (exact) mass is 331 g/mol. The van der Waals surface area contributed by atoms with E-state index in [1.165, 1.54) is 0 Å². The topological polar surface area (TPSA) is 69.4 Å². The van der Waals surface area contributed by atoms with E-state index in [9.17, 15) is 8.42 Å². The lowest BCUT2D eigenvalue weighted by atomic mass is 9.99. The molecule has 0 amide bonds. The summed E-state index contributed by atoms with van der Waals surface area (Å²) in [7, 11) is -3.52. The van der Waals surface area contributed by atoms with Crippen LogP contribution in [0.1, 0.15) is 25.3 Å². The first-order chi connectivity index (χ1) is 11.0. The highest BCUT2D eigenvalue weighted by Gasteiger charge is 2.24. The zero-order valence-electron chi connectivity index (χ0n) is 13.1. The molecule has 0 bridgehead atoms. The third kappa shape index (κ3) is 3.41. The molecule has 0 saturated heterocycles. The fourth-order valence-corrected chi connectivity index (χ4v) is 4.19. The minimum Gasteiger partial charge on any atom is -0.490 e. The zero-order valence-corrected chi connectivity index (χ0v) is 13.9. The molecule has 122 valence electrons. The maximum atomic E-state index is 12.7. The minimum atomic E-state index is -3.52. The standard InChI is InChI=1S/C18H21NO3S/c1-13(19)11-15-9-7-14-8-10-17(12-18(14)22-15)23(20,21)16-5-3-2-4-6-16/h2-6,8,10,12-13,15H,7,9,11,19H2,1H3/t13?,15-/m1/s1. The summed E-state index contributed by atoms with van der Waals surface area (Å²) >= 11 is 0. The maximum absolute atomic E-state index is 12.7. The van der Waals surface area contributed by atoms with Gasteiger partial charge in [-0.25, -0.2) is 8.42 Å². The summed E-state index contributed by atoms with van der Waals surface area (Å²) in [4.78, 5) is 0.562. The normalized spacial score (nSPS) is 18.8. The summed E-state index contributed by atoms with van der Waals surface area (Å²) in [6.45, 7) is 1.95. The molecule has 0 radical (unpaired) electrons. The SMILES string of the molecule is CC(N)C[C@H]1CCc2ccc(S(=O)(=O)c3ccccc3)cc2O1. The van der Waals surface area contributed by atoms with E-state index in [4.69, 9.17) is 10.5 Å². The molecular formula is C18H21NO3S. The maximum Gasteiger partial charge on any atom is 0.206 e. The Balaban J connectivity index is 1.92. The average molecular weight is 331 g/mol. The molecule has 0 saturated carbocycles. The van der Waals surface area contributed by atoms with Gasteiger partial charge in [-0.2, -0.15) is 0 Å². The molecule has 5 heteroatoms. The van der Waals surface area contributed by atoms with Crippen molar-refractivity contribution < 1.29 is 13.2 Å². The summed E-state index contributed by atoms with van der Waals surface area (Å²) in [5, 5.41) is 0. The first kappa shape index (κ1) is 16.0. The molecule has 0 aliphatic carbocycles. The summed E-state index contributed by atoms with van der Waals surface area (Å²) in [5.41, 5.74) is 6.90. The van der Waals surface area contributed by atoms with Crippen LogP contribution in [0.3, 0.4) is 0 Å². The van der Waals surface area contributed by atoms with Gasteiger partial charge in [0.25, 0.3) is 0 Å². The van der Waals surface area contributed by atoms with Crippen LogP contribution in [0.4, 0.5) is 0 Å². The Morgan fingerprint density at radius 2 is 1.91 bits per heavy atom. The van der Waals surface area contributed by atoms with Crippen molar-refractivity contribution in [2.75, 3.05) is 0 Å². The van der Waals surface area contributed by atoms with E-state index in [1.807, 2.05) is 13.0 Å². The number of hydrogen-bond acceptors (Lipinski definition) is 4. The summed E-state index contributed by atoms with van der Waals surface area (Å²) in [6.07, 6.45) is 2.63. The smallest absolute Gasteiger partial charge is 0.206 e. The molecule has 1 aliphatic heterocycles. The predicted octanol–water partition coefficient (Wildman–Crippen LogP) is 2.95. The van der Waals surface area contributed by atoms with Gasteiger partial charge >= 0.3 is 0 Å². The Kier molecular flexibility index (Phi) is 4.41. The molecule has 0 fully saturated rings. The Hall–Kier alpha value is -1.85. The fraction of sp³-hybridized carbons (Fsp3) is 0.333. The van der Waals surface area contributed by atoms with E-state index in [0.717, 1.165) is 24.8 Å². The molecule has 4 nitrogen and oxygen atoms in total. The molecule has 1 heterocycles. The number of fused-ring (bicyclic) bond motifs is 1. The van der Waals surface area contributed by atoms with Gasteiger partial charge in [-0.15, -0.1) is 0 Å². The molecule has 0 spiro atoms. The van der Waals surface area contributed by atoms with Gasteiger partial charge in [0, 0.05) is 6.04 Å². The number of aryl methyl sites for hydroxylation is 1. The Labute approximate surface area is 137 Å². The van der Waals surface area contributed by atoms with Crippen LogP contribution in [-0.4, -0.2) is 20.6 Å². The van der Waals surface area contributed by atoms with E-state index < -0.39 is 9.84 Å². The lowest BCUT2D eigenvalue weighted by molar-refractivity contribution is 0.157. The van der Waals surface area contributed by atoms with Crippen LogP contribution in [0, 0.1) is 0 Å². The summed E-state index contributed by atoms with van der Waals surface area (Å²) < 4.78 is 31.4. The van der Waals surface area contributed by atoms with Gasteiger partial charge in [-0.05, 0) is 56.0 Å². The molecule has 2 aromatic rings. The van der Waals surface area contributed by atoms with Crippen LogP contribution < -0.4 is 10.5 Å². The van der Waals surface area contributed by atoms with Crippen molar-refractivity contribution in [2.24, 2.45) is 5.73 Å². The third-order valence-electron chi connectivity index (χ3n) is 4.07. The molecular weight excluding hydrogens is 310 g/mol. The van der Waals surface area contributed by atoms with Crippen molar-refractivity contribution in [2.45, 2.75) is 48.1 Å². The Morgan fingerprint density at radius 1 is 1.17 bits per heavy atom. The molecule has 2 aromatic carbocycles. The van der Waals surface area contributed by atoms with Crippen LogP contribution in [0.15, 0.2) is 58.3 Å². The summed E-state index contributed by atoms with van der Waals surface area (Å²) in [5.74, 6) is 0.666. The number of nitrogens with two attached hydrogens (primary N) is 1. The van der Waals surface area contributed by atoms with Gasteiger partial charge in [0.2, 0.25) is 9.84 Å². The van der Waals surface area contributed by atoms with Crippen LogP contribution in [0.25, 0.3) is 0 Å². The Bertz CT molecular complexity index is 785. The van der Waals surface area contributed by atoms with Gasteiger partial charge in [-0.3, -0.25) is 0 Å². The quantitative estimate of drug-likeness (QED) is 0.935. The van der Waals surface area contributed by atoms with Gasteiger partial charge in [0.05, 0.1) is 9.79 Å². The van der Waals surface area contributed by atoms with Gasteiger partial charge in [-0.1, -0.05) is 24.3 Å². The fourth-order valence-electron chi connectivity index (χ4n) is 2.89. The number of benzene rings is 2. The number of rotatable bonds is 4. The lowest BCUT2D eigenvalue weighted by Crippen LogP contribution is -2.30. The van der Waals surface area contributed by atoms with Crippen molar-refractivity contribution in [3.05, 3.63) is 54.1 Å². The Morgan fingerprint density at radius 3 is 2.61 bits per heavy atom. The predicted molar refractivity (Wildman–Crippen MR) is 89.3 cm³/mol. The van der Waals surface area contributed by atoms with Gasteiger partial charge < -0.3 is 10.5 Å². The molecule has 1 unspecified atom stereocenters. The van der Waals surface area contributed by atoms with Crippen molar-refractivity contribution in [1.82, 2.24) is 0 Å². The highest BCUT2D eigenvalue weighted by atomic mass is 32.2. The van der Waals surface area contributed by atoms with Crippen LogP contribution >= 0.6 is 0 Å². The number of sulfone groups is 1. The lowest BCUT2D eigenvalue weighted by Gasteiger charge is -2.27. The molecule has 2 atom stereocenters. The van der Waals surface area contributed by atoms with Crippen molar-refractivity contribution in [3.8, 4) is 5.75 Å². The first-order valence-corrected chi connectivity index (χ1v) is 9.30. The van der Waals surface area contributed by atoms with Crippen LogP contribution in [0.5, 0.6) is 5.75 Å². The van der Waals surface area contributed by atoms with Crippen LogP contribution in [-0.2, 0) is 16.3 Å². The number of hydrogen-bond donors (Lipinski definition) is 1. The minimum absolute atomic E-state index is 0.0529. The van der Waals surface area contributed by atoms with Crippen molar-refractivity contribution in [3.63, 3.8) is 0 Å². The van der Waals surface area contributed by atoms with Gasteiger partial charge in [0.15, 0.2) is 0 Å². The molecule has 2 N–H and O–H groups in total. The second-order valence-electron chi connectivity index (χ2n) is 6.08. The molecule has 3 rings (SSSR count). The number of ether oxygens (including phenoxy) is 1. The molecule has 0 aromatic heterocycles. The highest BCUT2D eigenvalue weighted by molar-refractivity contribution is 7.91. The molecule has 23 heavy (non-hydrogen) atoms. The highest BCUT2D eigenvalue weighted by Crippen LogP contribution is 2.33. The molecule has 1 aliphatic rings. The average Bonchev–Trinajstić information content (AvgIpc) is 2.54.